The topological polar surface area (TPSA) is 182 Å². The Bertz CT molecular complexity index is 238. The summed E-state index contributed by atoms with van der Waals surface area (Å²) >= 11 is 0. The molecule has 0 aliphatic carbocycles. The predicted molar refractivity (Wildman–Crippen MR) is 44.1 cm³/mol. The number of aliphatic carboxylic acids is 2. The molecule has 0 bridgehead atoms. The van der Waals surface area contributed by atoms with Gasteiger partial charge in [0.25, 0.3) is 0 Å². The number of carbonyl (C=O) groups is 3. The molecule has 0 heterocycles. The van der Waals surface area contributed by atoms with E-state index in [1.165, 1.54) is 0 Å². The molecular formula is C6H13N3O5. The first-order valence-electron chi connectivity index (χ1n) is 2.89. The quantitative estimate of drug-likeness (QED) is 0.412. The fourth-order valence-electron chi connectivity index (χ4n) is 0.362. The minimum absolute atomic E-state index is 0. The van der Waals surface area contributed by atoms with Crippen molar-refractivity contribution >= 4 is 17.8 Å². The number of rotatable bonds is 4. The van der Waals surface area contributed by atoms with Crippen molar-refractivity contribution in [2.45, 2.75) is 0 Å². The first-order chi connectivity index (χ1) is 5.52. The summed E-state index contributed by atoms with van der Waals surface area (Å²) in [6, 6.07) is 0. The third kappa shape index (κ3) is 12.7. The summed E-state index contributed by atoms with van der Waals surface area (Å²) in [4.78, 5) is 30.0. The minimum atomic E-state index is -1.53. The van der Waals surface area contributed by atoms with Gasteiger partial charge in [0.15, 0.2) is 0 Å². The molecule has 82 valence electrons. The fraction of sp³-hybridized carbons (Fsp3) is 0.167. The predicted octanol–water partition coefficient (Wildman–Crippen LogP) is -3.09. The second-order valence-electron chi connectivity index (χ2n) is 1.74. The Morgan fingerprint density at radius 1 is 1.07 bits per heavy atom. The molecular weight excluding hydrogens is 194 g/mol. The molecule has 0 rings (SSSR count). The van der Waals surface area contributed by atoms with Crippen molar-refractivity contribution in [3.63, 3.8) is 0 Å². The van der Waals surface area contributed by atoms with E-state index in [2.05, 4.69) is 0 Å². The Hall–Kier alpha value is -1.93. The van der Waals surface area contributed by atoms with Gasteiger partial charge in [-0.15, -0.1) is 0 Å². The highest BCUT2D eigenvalue weighted by molar-refractivity contribution is 5.94. The van der Waals surface area contributed by atoms with Gasteiger partial charge in [-0.3, -0.25) is 4.79 Å². The molecule has 0 saturated carbocycles. The Morgan fingerprint density at radius 3 is 1.93 bits per heavy atom. The molecule has 0 atom stereocenters. The van der Waals surface area contributed by atoms with Crippen molar-refractivity contribution in [1.82, 2.24) is 17.6 Å². The zero-order valence-corrected chi connectivity index (χ0v) is 7.90. The average molecular weight is 207 g/mol. The molecule has 0 aromatic heterocycles. The molecule has 8 heteroatoms. The molecule has 0 unspecified atom stereocenters. The SMILES string of the molecule is O=C([O-])C=CC(=O)NCC(=O)[O-].[NH4+].[NH4+]. The van der Waals surface area contributed by atoms with Gasteiger partial charge in [0.05, 0.1) is 18.5 Å². The van der Waals surface area contributed by atoms with Gasteiger partial charge in [-0.2, -0.15) is 0 Å². The van der Waals surface area contributed by atoms with Gasteiger partial charge in [0.1, 0.15) is 0 Å². The number of nitrogens with one attached hydrogen (secondary N) is 1. The second-order valence-corrected chi connectivity index (χ2v) is 1.74. The van der Waals surface area contributed by atoms with E-state index in [4.69, 9.17) is 0 Å². The highest BCUT2D eigenvalue weighted by Crippen LogP contribution is 1.71. The molecule has 14 heavy (non-hydrogen) atoms. The largest absolute Gasteiger partial charge is 0.548 e. The van der Waals surface area contributed by atoms with Crippen molar-refractivity contribution < 1.29 is 24.6 Å². The Balaban J connectivity index is -0.000000605. The molecule has 0 fully saturated rings. The van der Waals surface area contributed by atoms with E-state index in [9.17, 15) is 24.6 Å². The monoisotopic (exact) mass is 207 g/mol. The summed E-state index contributed by atoms with van der Waals surface area (Å²) < 4.78 is 0. The zero-order valence-electron chi connectivity index (χ0n) is 7.90. The van der Waals surface area contributed by atoms with Crippen molar-refractivity contribution in [3.8, 4) is 0 Å². The van der Waals surface area contributed by atoms with Crippen molar-refractivity contribution in [3.05, 3.63) is 12.2 Å². The van der Waals surface area contributed by atoms with Crippen LogP contribution in [0.3, 0.4) is 0 Å². The van der Waals surface area contributed by atoms with Gasteiger partial charge in [-0.05, 0) is 6.08 Å². The summed E-state index contributed by atoms with van der Waals surface area (Å²) in [7, 11) is 0. The average Bonchev–Trinajstić information content (AvgIpc) is 1.96. The van der Waals surface area contributed by atoms with E-state index in [0.717, 1.165) is 0 Å². The molecule has 0 aromatic rings. The van der Waals surface area contributed by atoms with Gasteiger partial charge in [0.2, 0.25) is 5.91 Å². The molecule has 1 amide bonds. The number of carboxylic acid groups (broad SMARTS) is 2. The van der Waals surface area contributed by atoms with E-state index < -0.39 is 24.4 Å². The van der Waals surface area contributed by atoms with E-state index in [1.807, 2.05) is 5.32 Å². The van der Waals surface area contributed by atoms with Crippen molar-refractivity contribution in [1.29, 1.82) is 0 Å². The molecule has 8 nitrogen and oxygen atoms in total. The number of carbonyl (C=O) groups excluding carboxylic acids is 3. The summed E-state index contributed by atoms with van der Waals surface area (Å²) in [5.74, 6) is -3.81. The lowest BCUT2D eigenvalue weighted by atomic mass is 10.4. The smallest absolute Gasteiger partial charge is 0.244 e. The third-order valence-corrected chi connectivity index (χ3v) is 0.778. The second kappa shape index (κ2) is 9.16. The summed E-state index contributed by atoms with van der Waals surface area (Å²) in [5, 5.41) is 21.4. The molecule has 9 N–H and O–H groups in total. The van der Waals surface area contributed by atoms with E-state index in [0.29, 0.717) is 12.2 Å². The van der Waals surface area contributed by atoms with E-state index in [-0.39, 0.29) is 12.3 Å². The maximum atomic E-state index is 10.5. The van der Waals surface area contributed by atoms with Crippen LogP contribution in [0.4, 0.5) is 0 Å². The van der Waals surface area contributed by atoms with Crippen LogP contribution in [0.2, 0.25) is 0 Å². The van der Waals surface area contributed by atoms with Crippen LogP contribution in [0.25, 0.3) is 0 Å². The van der Waals surface area contributed by atoms with Gasteiger partial charge in [0, 0.05) is 6.08 Å². The Kier molecular flexibility index (Phi) is 11.8. The maximum Gasteiger partial charge on any atom is 0.244 e. The third-order valence-electron chi connectivity index (χ3n) is 0.778. The van der Waals surface area contributed by atoms with Gasteiger partial charge >= 0.3 is 0 Å². The molecule has 0 aliphatic heterocycles. The van der Waals surface area contributed by atoms with Crippen LogP contribution in [0.5, 0.6) is 0 Å². The zero-order chi connectivity index (χ0) is 9.56. The van der Waals surface area contributed by atoms with Gasteiger partial charge < -0.3 is 37.4 Å². The number of quaternary nitrogens is 2. The van der Waals surface area contributed by atoms with Crippen molar-refractivity contribution in [2.24, 2.45) is 0 Å². The van der Waals surface area contributed by atoms with E-state index >= 15 is 0 Å². The molecule has 0 radical (unpaired) electrons. The number of hydrogen-bond acceptors (Lipinski definition) is 5. The van der Waals surface area contributed by atoms with Crippen LogP contribution in [-0.2, 0) is 14.4 Å². The highest BCUT2D eigenvalue weighted by atomic mass is 16.4. The summed E-state index contributed by atoms with van der Waals surface area (Å²) in [6.45, 7) is -0.657. The number of amides is 1. The van der Waals surface area contributed by atoms with Gasteiger partial charge in [-0.1, -0.05) is 0 Å². The summed E-state index contributed by atoms with van der Waals surface area (Å²) in [6.07, 6.45) is 1.14. The number of carboxylic acids is 2. The van der Waals surface area contributed by atoms with Crippen LogP contribution < -0.4 is 27.8 Å². The van der Waals surface area contributed by atoms with Crippen LogP contribution in [0, 0.1) is 0 Å². The fourth-order valence-corrected chi connectivity index (χ4v) is 0.362. The highest BCUT2D eigenvalue weighted by Gasteiger charge is 1.92. The van der Waals surface area contributed by atoms with Crippen LogP contribution in [-0.4, -0.2) is 24.4 Å². The van der Waals surface area contributed by atoms with Crippen LogP contribution in [0.1, 0.15) is 0 Å². The van der Waals surface area contributed by atoms with Crippen LogP contribution in [0.15, 0.2) is 12.2 Å². The Morgan fingerprint density at radius 2 is 1.57 bits per heavy atom. The molecule has 0 aromatic carbocycles. The summed E-state index contributed by atoms with van der Waals surface area (Å²) in [5.41, 5.74) is 0. The standard InChI is InChI=1S/C6H7NO5.2H3N/c8-4(1-2-5(9)10)7-3-6(11)12;;/h1-2H,3H2,(H,7,8)(H,9,10)(H,11,12);2*1H3. The minimum Gasteiger partial charge on any atom is -0.548 e. The molecule has 0 saturated heterocycles. The lowest BCUT2D eigenvalue weighted by Gasteiger charge is -2.01. The lowest BCUT2D eigenvalue weighted by Crippen LogP contribution is -2.37. The van der Waals surface area contributed by atoms with E-state index in [1.54, 1.807) is 0 Å². The lowest BCUT2D eigenvalue weighted by molar-refractivity contribution is -0.304. The number of hydrogen-bond donors (Lipinski definition) is 3. The van der Waals surface area contributed by atoms with Crippen LogP contribution >= 0.6 is 0 Å². The normalized spacial score (nSPS) is 8.29. The van der Waals surface area contributed by atoms with Crippen molar-refractivity contribution in [2.75, 3.05) is 6.54 Å². The maximum absolute atomic E-state index is 10.5. The first-order valence-corrected chi connectivity index (χ1v) is 2.89. The molecule has 0 spiro atoms. The molecule has 0 aliphatic rings. The van der Waals surface area contributed by atoms with Gasteiger partial charge in [-0.25, -0.2) is 0 Å². The first kappa shape index (κ1) is 18.0. The Labute approximate surface area is 79.8 Å².